The number of β-lactam (4-membered cyclic amide) rings is 1. The van der Waals surface area contributed by atoms with Crippen LogP contribution in [0.4, 0.5) is 5.69 Å². The summed E-state index contributed by atoms with van der Waals surface area (Å²) in [5, 5.41) is 2.97. The van der Waals surface area contributed by atoms with Crippen molar-refractivity contribution in [3.8, 4) is 5.75 Å². The van der Waals surface area contributed by atoms with Crippen molar-refractivity contribution in [2.45, 2.75) is 19.4 Å². The summed E-state index contributed by atoms with van der Waals surface area (Å²) < 4.78 is 5.81. The minimum atomic E-state index is -0.649. The largest absolute Gasteiger partial charge is 0.489 e. The lowest BCUT2D eigenvalue weighted by atomic mass is 9.96. The number of hydrogen-bond acceptors (Lipinski definition) is 3. The summed E-state index contributed by atoms with van der Waals surface area (Å²) in [6.07, 6.45) is 2.45. The molecule has 5 nitrogen and oxygen atoms in total. The third kappa shape index (κ3) is 2.96. The van der Waals surface area contributed by atoms with Crippen molar-refractivity contribution in [3.63, 3.8) is 0 Å². The number of carbonyl (C=O) groups is 2. The molecule has 1 saturated heterocycles. The fourth-order valence-corrected chi connectivity index (χ4v) is 3.32. The zero-order valence-corrected chi connectivity index (χ0v) is 14.6. The second kappa shape index (κ2) is 6.67. The maximum Gasteiger partial charge on any atom is 0.251 e. The van der Waals surface area contributed by atoms with Gasteiger partial charge in [-0.05, 0) is 36.3 Å². The van der Waals surface area contributed by atoms with Gasteiger partial charge in [-0.15, -0.1) is 0 Å². The van der Waals surface area contributed by atoms with Gasteiger partial charge in [0.15, 0.2) is 0 Å². The Kier molecular flexibility index (Phi) is 4.21. The third-order valence-corrected chi connectivity index (χ3v) is 4.86. The minimum Gasteiger partial charge on any atom is -0.489 e. The highest BCUT2D eigenvalue weighted by atomic mass is 16.5. The molecule has 0 radical (unpaired) electrons. The Morgan fingerprint density at radius 3 is 2.65 bits per heavy atom. The molecule has 1 atom stereocenters. The highest BCUT2D eigenvalue weighted by Gasteiger charge is 2.39. The predicted octanol–water partition coefficient (Wildman–Crippen LogP) is 3.01. The van der Waals surface area contributed by atoms with Crippen LogP contribution in [0.1, 0.15) is 17.5 Å². The quantitative estimate of drug-likeness (QED) is 0.864. The predicted molar refractivity (Wildman–Crippen MR) is 99.8 cm³/mol. The molecule has 0 aliphatic carbocycles. The molecule has 2 aliphatic rings. The first-order valence-electron chi connectivity index (χ1n) is 8.72. The second-order valence-electron chi connectivity index (χ2n) is 6.59. The normalized spacial score (nSPS) is 16.7. The van der Waals surface area contributed by atoms with Crippen molar-refractivity contribution in [2.24, 2.45) is 0 Å². The molecule has 4 rings (SSSR count). The van der Waals surface area contributed by atoms with Crippen molar-refractivity contribution < 1.29 is 14.3 Å². The molecule has 0 bridgehead atoms. The van der Waals surface area contributed by atoms with E-state index in [4.69, 9.17) is 4.74 Å². The minimum absolute atomic E-state index is 0.00491. The zero-order chi connectivity index (χ0) is 18.1. The van der Waals surface area contributed by atoms with Crippen LogP contribution in [-0.2, 0) is 9.59 Å². The second-order valence-corrected chi connectivity index (χ2v) is 6.59. The van der Waals surface area contributed by atoms with Crippen LogP contribution in [0.3, 0.4) is 0 Å². The van der Waals surface area contributed by atoms with E-state index >= 15 is 0 Å². The summed E-state index contributed by atoms with van der Waals surface area (Å²) in [6.45, 7) is 2.83. The van der Waals surface area contributed by atoms with Gasteiger partial charge in [0.05, 0.1) is 0 Å². The van der Waals surface area contributed by atoms with Crippen molar-refractivity contribution >= 4 is 23.6 Å². The number of likely N-dealkylation sites (tertiary alicyclic amines) is 1. The Morgan fingerprint density at radius 1 is 1.15 bits per heavy atom. The lowest BCUT2D eigenvalue weighted by Gasteiger charge is -2.39. The van der Waals surface area contributed by atoms with Crippen LogP contribution in [0, 0.1) is 6.92 Å². The van der Waals surface area contributed by atoms with E-state index < -0.39 is 6.04 Å². The molecule has 2 aliphatic heterocycles. The van der Waals surface area contributed by atoms with Crippen LogP contribution < -0.4 is 10.1 Å². The average Bonchev–Trinajstić information content (AvgIpc) is 2.66. The lowest BCUT2D eigenvalue weighted by Crippen LogP contribution is -2.56. The number of rotatable bonds is 4. The third-order valence-electron chi connectivity index (χ3n) is 4.86. The van der Waals surface area contributed by atoms with Gasteiger partial charge in [0.1, 0.15) is 18.4 Å². The molecule has 2 amide bonds. The molecular weight excluding hydrogens is 328 g/mol. The Morgan fingerprint density at radius 2 is 1.92 bits per heavy atom. The van der Waals surface area contributed by atoms with Crippen LogP contribution in [0.5, 0.6) is 5.75 Å². The van der Waals surface area contributed by atoms with E-state index in [1.807, 2.05) is 61.5 Å². The molecular formula is C21H20N2O3. The highest BCUT2D eigenvalue weighted by Crippen LogP contribution is 2.30. The van der Waals surface area contributed by atoms with Crippen LogP contribution in [-0.4, -0.2) is 35.9 Å². The van der Waals surface area contributed by atoms with Gasteiger partial charge in [0, 0.05) is 24.2 Å². The zero-order valence-electron chi connectivity index (χ0n) is 14.6. The topological polar surface area (TPSA) is 58.6 Å². The molecule has 1 N–H and O–H groups in total. The maximum atomic E-state index is 13.1. The van der Waals surface area contributed by atoms with Gasteiger partial charge < -0.3 is 15.0 Å². The van der Waals surface area contributed by atoms with Gasteiger partial charge in [-0.2, -0.15) is 0 Å². The number of hydrogen-bond donors (Lipinski definition) is 1. The van der Waals surface area contributed by atoms with Gasteiger partial charge in [0.2, 0.25) is 5.91 Å². The number of nitrogens with one attached hydrogen (secondary N) is 1. The van der Waals surface area contributed by atoms with Gasteiger partial charge in [-0.25, -0.2) is 0 Å². The number of ether oxygens (including phenoxy) is 1. The van der Waals surface area contributed by atoms with Crippen molar-refractivity contribution in [1.29, 1.82) is 0 Å². The van der Waals surface area contributed by atoms with E-state index in [-0.39, 0.29) is 11.8 Å². The molecule has 0 unspecified atom stereocenters. The Balaban J connectivity index is 1.65. The van der Waals surface area contributed by atoms with E-state index in [0.717, 1.165) is 28.1 Å². The van der Waals surface area contributed by atoms with Crippen molar-refractivity contribution in [3.05, 3.63) is 65.2 Å². The summed E-state index contributed by atoms with van der Waals surface area (Å²) in [7, 11) is 0. The number of para-hydroxylation sites is 2. The lowest BCUT2D eigenvalue weighted by molar-refractivity contribution is -0.145. The molecule has 2 heterocycles. The Hall–Kier alpha value is -3.08. The number of aryl methyl sites for hydroxylation is 1. The smallest absolute Gasteiger partial charge is 0.251 e. The van der Waals surface area contributed by atoms with E-state index in [1.165, 1.54) is 0 Å². The summed E-state index contributed by atoms with van der Waals surface area (Å²) >= 11 is 0. The highest BCUT2D eigenvalue weighted by molar-refractivity contribution is 6.01. The molecule has 0 aromatic heterocycles. The van der Waals surface area contributed by atoms with Crippen LogP contribution in [0.2, 0.25) is 0 Å². The summed E-state index contributed by atoms with van der Waals surface area (Å²) in [5.41, 5.74) is 3.46. The van der Waals surface area contributed by atoms with Crippen molar-refractivity contribution in [1.82, 2.24) is 4.90 Å². The molecule has 132 valence electrons. The molecule has 0 spiro atoms. The fraction of sp³-hybridized carbons (Fsp3) is 0.238. The van der Waals surface area contributed by atoms with Gasteiger partial charge in [-0.3, -0.25) is 9.59 Å². The first kappa shape index (κ1) is 16.4. The Bertz CT molecular complexity index is 904. The van der Waals surface area contributed by atoms with Crippen LogP contribution in [0.25, 0.3) is 6.08 Å². The standard InChI is InChI=1S/C21H20N2O3/c1-14-6-2-4-8-17(14)22-21(25)20(23-11-10-19(23)24)16-12-15-7-3-5-9-18(15)26-13-16/h2-9,12,20H,10-11,13H2,1H3,(H,22,25)/t20-/m0/s1. The van der Waals surface area contributed by atoms with E-state index in [9.17, 15) is 9.59 Å². The van der Waals surface area contributed by atoms with Crippen LogP contribution in [0.15, 0.2) is 54.1 Å². The molecule has 1 fully saturated rings. The molecule has 26 heavy (non-hydrogen) atoms. The summed E-state index contributed by atoms with van der Waals surface area (Å²) in [6, 6.07) is 14.7. The average molecular weight is 348 g/mol. The molecule has 0 saturated carbocycles. The molecule has 5 heteroatoms. The maximum absolute atomic E-state index is 13.1. The number of amides is 2. The van der Waals surface area contributed by atoms with Crippen molar-refractivity contribution in [2.75, 3.05) is 18.5 Å². The van der Waals surface area contributed by atoms with E-state index in [2.05, 4.69) is 5.32 Å². The van der Waals surface area contributed by atoms with Crippen LogP contribution >= 0.6 is 0 Å². The van der Waals surface area contributed by atoms with E-state index in [1.54, 1.807) is 4.90 Å². The van der Waals surface area contributed by atoms with E-state index in [0.29, 0.717) is 19.6 Å². The SMILES string of the molecule is Cc1ccccc1NC(=O)[C@H](C1=Cc2ccccc2OC1)N1CCC1=O. The molecule has 2 aromatic rings. The summed E-state index contributed by atoms with van der Waals surface area (Å²) in [5.74, 6) is 0.584. The summed E-state index contributed by atoms with van der Waals surface area (Å²) in [4.78, 5) is 26.7. The fourth-order valence-electron chi connectivity index (χ4n) is 3.32. The number of carbonyl (C=O) groups excluding carboxylic acids is 2. The number of nitrogens with zero attached hydrogens (tertiary/aromatic N) is 1. The Labute approximate surface area is 152 Å². The van der Waals surface area contributed by atoms with Gasteiger partial charge in [-0.1, -0.05) is 36.4 Å². The first-order valence-corrected chi connectivity index (χ1v) is 8.72. The monoisotopic (exact) mass is 348 g/mol. The number of anilines is 1. The van der Waals surface area contributed by atoms with Gasteiger partial charge in [0.25, 0.3) is 5.91 Å². The van der Waals surface area contributed by atoms with Gasteiger partial charge >= 0.3 is 0 Å². The first-order chi connectivity index (χ1) is 12.6. The molecule has 2 aromatic carbocycles. The number of fused-ring (bicyclic) bond motifs is 1. The number of benzene rings is 2.